The van der Waals surface area contributed by atoms with Crippen LogP contribution < -0.4 is 10.6 Å². The predicted octanol–water partition coefficient (Wildman–Crippen LogP) is -0.559. The number of aliphatic imine (C=N–C) groups is 1. The van der Waals surface area contributed by atoms with Crippen LogP contribution in [0, 0.1) is 0 Å². The molecule has 40 valence electrons. The molecule has 0 N–H and O–H groups in total. The van der Waals surface area contributed by atoms with Crippen LogP contribution in [-0.4, -0.2) is 27.1 Å². The van der Waals surface area contributed by atoms with Gasteiger partial charge in [0.05, 0.1) is 0 Å². The molecule has 7 heavy (non-hydrogen) atoms. The molecule has 0 saturated heterocycles. The zero-order valence-electron chi connectivity index (χ0n) is 4.84. The third kappa shape index (κ3) is 2.03. The quantitative estimate of drug-likeness (QED) is 0.288. The van der Waals surface area contributed by atoms with Gasteiger partial charge >= 0.3 is 0 Å². The van der Waals surface area contributed by atoms with Crippen molar-refractivity contribution in [3.8, 4) is 0 Å². The molecule has 3 heteroatoms. The first kappa shape index (κ1) is 6.27. The molecule has 0 aliphatic carbocycles. The number of nitrogens with zero attached hydrogens (tertiary/aromatic N) is 3. The molecule has 0 spiro atoms. The van der Waals surface area contributed by atoms with Crippen LogP contribution in [0.1, 0.15) is 0 Å². The fourth-order valence-corrected chi connectivity index (χ4v) is 0.300. The molecule has 0 heterocycles. The zero-order chi connectivity index (χ0) is 5.70. The van der Waals surface area contributed by atoms with Gasteiger partial charge in [-0.05, 0) is 0 Å². The molecule has 0 fully saturated rings. The highest BCUT2D eigenvalue weighted by Gasteiger charge is 1.85. The summed E-state index contributed by atoms with van der Waals surface area (Å²) in [6.07, 6.45) is 0. The van der Waals surface area contributed by atoms with Gasteiger partial charge < -0.3 is 0 Å². The maximum atomic E-state index is 3.71. The van der Waals surface area contributed by atoms with E-state index in [4.69, 9.17) is 0 Å². The molecule has 0 aromatic carbocycles. The summed E-state index contributed by atoms with van der Waals surface area (Å²) in [7, 11) is 4.99. The first-order valence-corrected chi connectivity index (χ1v) is 2.01. The molecule has 2 radical (unpaired) electrons. The van der Waals surface area contributed by atoms with Crippen molar-refractivity contribution in [2.45, 2.75) is 0 Å². The van der Waals surface area contributed by atoms with E-state index in [9.17, 15) is 0 Å². The third-order valence-electron chi connectivity index (χ3n) is 0.600. The summed E-state index contributed by atoms with van der Waals surface area (Å²) >= 11 is 0. The van der Waals surface area contributed by atoms with Crippen molar-refractivity contribution in [2.75, 3.05) is 21.1 Å². The van der Waals surface area contributed by atoms with Crippen molar-refractivity contribution in [1.29, 1.82) is 0 Å². The fourth-order valence-electron chi connectivity index (χ4n) is 0.300. The molecular formula is C4H9N3. The van der Waals surface area contributed by atoms with Gasteiger partial charge in [0.15, 0.2) is 0 Å². The third-order valence-corrected chi connectivity index (χ3v) is 0.600. The molecule has 0 atom stereocenters. The Morgan fingerprint density at radius 2 is 1.43 bits per heavy atom. The Morgan fingerprint density at radius 3 is 1.43 bits per heavy atom. The minimum Gasteiger partial charge on any atom is -0.253 e. The van der Waals surface area contributed by atoms with E-state index in [0.29, 0.717) is 5.96 Å². The standard InChI is InChI=1S/C4H9N3/c1-5-4(6-2)7-3/h1-3H3. The minimum absolute atomic E-state index is 0.556. The van der Waals surface area contributed by atoms with Gasteiger partial charge in [-0.15, -0.1) is 0 Å². The maximum Gasteiger partial charge on any atom is 0.234 e. The van der Waals surface area contributed by atoms with E-state index in [0.717, 1.165) is 0 Å². The summed E-state index contributed by atoms with van der Waals surface area (Å²) < 4.78 is 0. The summed E-state index contributed by atoms with van der Waals surface area (Å²) in [5, 5.41) is 7.42. The van der Waals surface area contributed by atoms with Crippen molar-refractivity contribution < 1.29 is 0 Å². The lowest BCUT2D eigenvalue weighted by molar-refractivity contribution is 0.988. The monoisotopic (exact) mass is 99.1 g/mol. The van der Waals surface area contributed by atoms with Crippen LogP contribution in [0.5, 0.6) is 0 Å². The van der Waals surface area contributed by atoms with E-state index < -0.39 is 0 Å². The van der Waals surface area contributed by atoms with E-state index in [1.54, 1.807) is 21.1 Å². The van der Waals surface area contributed by atoms with E-state index >= 15 is 0 Å². The largest absolute Gasteiger partial charge is 0.253 e. The normalized spacial score (nSPS) is 7.29. The topological polar surface area (TPSA) is 40.6 Å². The molecule has 0 saturated carbocycles. The van der Waals surface area contributed by atoms with Crippen LogP contribution in [0.4, 0.5) is 0 Å². The molecule has 0 aromatic rings. The van der Waals surface area contributed by atoms with Crippen LogP contribution in [-0.2, 0) is 0 Å². The molecule has 0 unspecified atom stereocenters. The Morgan fingerprint density at radius 1 is 1.00 bits per heavy atom. The summed E-state index contributed by atoms with van der Waals surface area (Å²) in [5.74, 6) is 0.556. The van der Waals surface area contributed by atoms with Crippen molar-refractivity contribution >= 4 is 5.96 Å². The molecule has 3 nitrogen and oxygen atoms in total. The van der Waals surface area contributed by atoms with Crippen LogP contribution in [0.15, 0.2) is 4.99 Å². The second-order valence-electron chi connectivity index (χ2n) is 0.971. The molecular weight excluding hydrogens is 90.1 g/mol. The second kappa shape index (κ2) is 3.46. The van der Waals surface area contributed by atoms with Gasteiger partial charge in [0.2, 0.25) is 5.96 Å². The molecule has 0 aromatic heterocycles. The molecule has 0 bridgehead atoms. The molecule has 0 rings (SSSR count). The minimum atomic E-state index is 0.556. The van der Waals surface area contributed by atoms with E-state index in [1.807, 2.05) is 0 Å². The molecule has 0 aliphatic rings. The number of guanidine groups is 1. The van der Waals surface area contributed by atoms with Gasteiger partial charge in [0, 0.05) is 21.1 Å². The predicted molar refractivity (Wildman–Crippen MR) is 29.5 cm³/mol. The van der Waals surface area contributed by atoms with E-state index in [2.05, 4.69) is 15.6 Å². The van der Waals surface area contributed by atoms with Crippen molar-refractivity contribution in [2.24, 2.45) is 4.99 Å². The highest BCUT2D eigenvalue weighted by molar-refractivity contribution is 5.78. The van der Waals surface area contributed by atoms with Crippen molar-refractivity contribution in [3.05, 3.63) is 0 Å². The summed E-state index contributed by atoms with van der Waals surface area (Å²) in [4.78, 5) is 3.71. The molecule has 0 amide bonds. The number of rotatable bonds is 0. The lowest BCUT2D eigenvalue weighted by Crippen LogP contribution is -2.19. The van der Waals surface area contributed by atoms with Crippen LogP contribution in [0.2, 0.25) is 0 Å². The highest BCUT2D eigenvalue weighted by atomic mass is 15.1. The first-order valence-electron chi connectivity index (χ1n) is 2.01. The SMILES string of the molecule is C[N]C([N]C)=NC. The maximum absolute atomic E-state index is 3.71. The van der Waals surface area contributed by atoms with Gasteiger partial charge in [-0.1, -0.05) is 0 Å². The van der Waals surface area contributed by atoms with Crippen LogP contribution in [0.3, 0.4) is 0 Å². The Kier molecular flexibility index (Phi) is 3.10. The van der Waals surface area contributed by atoms with E-state index in [1.165, 1.54) is 0 Å². The molecule has 0 aliphatic heterocycles. The Hall–Kier alpha value is -0.730. The lowest BCUT2D eigenvalue weighted by atomic mass is 10.9. The Bertz CT molecular complexity index is 61.3. The Labute approximate surface area is 43.8 Å². The van der Waals surface area contributed by atoms with Gasteiger partial charge in [0.25, 0.3) is 0 Å². The fraction of sp³-hybridized carbons (Fsp3) is 0.750. The average molecular weight is 99.1 g/mol. The zero-order valence-corrected chi connectivity index (χ0v) is 4.84. The Balaban J connectivity index is 3.38. The summed E-state index contributed by atoms with van der Waals surface area (Å²) in [5.41, 5.74) is 0. The van der Waals surface area contributed by atoms with Gasteiger partial charge in [-0.3, -0.25) is 15.6 Å². The van der Waals surface area contributed by atoms with Crippen molar-refractivity contribution in [1.82, 2.24) is 10.6 Å². The van der Waals surface area contributed by atoms with Crippen LogP contribution >= 0.6 is 0 Å². The second-order valence-corrected chi connectivity index (χ2v) is 0.971. The lowest BCUT2D eigenvalue weighted by Gasteiger charge is -1.92. The smallest absolute Gasteiger partial charge is 0.234 e. The first-order chi connectivity index (χ1) is 3.35. The highest BCUT2D eigenvalue weighted by Crippen LogP contribution is 1.61. The summed E-state index contributed by atoms with van der Waals surface area (Å²) in [6, 6.07) is 0. The van der Waals surface area contributed by atoms with Crippen molar-refractivity contribution in [3.63, 3.8) is 0 Å². The summed E-state index contributed by atoms with van der Waals surface area (Å²) in [6.45, 7) is 0. The number of hydrogen-bond acceptors (Lipinski definition) is 1. The van der Waals surface area contributed by atoms with Gasteiger partial charge in [-0.2, -0.15) is 0 Å². The van der Waals surface area contributed by atoms with E-state index in [-0.39, 0.29) is 0 Å². The number of hydrogen-bond donors (Lipinski definition) is 0. The van der Waals surface area contributed by atoms with Gasteiger partial charge in [0.1, 0.15) is 0 Å². The van der Waals surface area contributed by atoms with Crippen LogP contribution in [0.25, 0.3) is 0 Å². The average Bonchev–Trinajstić information content (AvgIpc) is 1.72. The van der Waals surface area contributed by atoms with Gasteiger partial charge in [-0.25, -0.2) is 0 Å².